The van der Waals surface area contributed by atoms with E-state index in [-0.39, 0.29) is 5.82 Å². The molecule has 0 saturated heterocycles. The van der Waals surface area contributed by atoms with E-state index in [9.17, 15) is 4.39 Å². The standard InChI is InChI=1S/C43H28FNO/c44-32-20-22-37-38-27-34(21-23-41(38)46-42(37)26-32)45-33-15-9-11-29(25-33)28-10-8-14-31(24-28)43(30-12-2-1-3-13-30)39-18-6-4-16-35(39)36-17-5-7-19-40(36)43/h1-27,45H. The lowest BCUT2D eigenvalue weighted by molar-refractivity contribution is 0.618. The number of halogens is 1. The average molecular weight is 594 g/mol. The van der Waals surface area contributed by atoms with Crippen molar-refractivity contribution in [1.29, 1.82) is 0 Å². The first-order valence-corrected chi connectivity index (χ1v) is 15.5. The largest absolute Gasteiger partial charge is 0.456 e. The molecule has 1 aromatic heterocycles. The van der Waals surface area contributed by atoms with Gasteiger partial charge >= 0.3 is 0 Å². The maximum Gasteiger partial charge on any atom is 0.138 e. The molecule has 0 fully saturated rings. The van der Waals surface area contributed by atoms with Crippen molar-refractivity contribution in [3.05, 3.63) is 192 Å². The summed E-state index contributed by atoms with van der Waals surface area (Å²) in [6.45, 7) is 0. The van der Waals surface area contributed by atoms with Crippen LogP contribution in [0.3, 0.4) is 0 Å². The van der Waals surface area contributed by atoms with Crippen molar-refractivity contribution in [2.45, 2.75) is 5.41 Å². The lowest BCUT2D eigenvalue weighted by Gasteiger charge is -2.34. The van der Waals surface area contributed by atoms with Crippen LogP contribution in [0.4, 0.5) is 15.8 Å². The zero-order valence-electron chi connectivity index (χ0n) is 24.9. The minimum absolute atomic E-state index is 0.304. The van der Waals surface area contributed by atoms with E-state index in [1.165, 1.54) is 45.5 Å². The van der Waals surface area contributed by atoms with Crippen LogP contribution in [0.25, 0.3) is 44.2 Å². The Bertz CT molecular complexity index is 2380. The van der Waals surface area contributed by atoms with Crippen molar-refractivity contribution in [2.75, 3.05) is 5.32 Å². The molecule has 9 rings (SSSR count). The fourth-order valence-corrected chi connectivity index (χ4v) is 7.42. The molecule has 1 aliphatic rings. The Labute approximate surface area is 266 Å². The zero-order valence-corrected chi connectivity index (χ0v) is 24.9. The second kappa shape index (κ2) is 10.3. The minimum atomic E-state index is -0.438. The molecule has 0 bridgehead atoms. The Morgan fingerprint density at radius 2 is 1.11 bits per heavy atom. The van der Waals surface area contributed by atoms with Crippen LogP contribution in [-0.2, 0) is 5.41 Å². The van der Waals surface area contributed by atoms with Gasteiger partial charge in [-0.3, -0.25) is 0 Å². The Hall–Kier alpha value is -5.93. The normalized spacial score (nSPS) is 13.1. The lowest BCUT2D eigenvalue weighted by Crippen LogP contribution is -2.28. The summed E-state index contributed by atoms with van der Waals surface area (Å²) in [5.41, 5.74) is 12.7. The summed E-state index contributed by atoms with van der Waals surface area (Å²) in [6.07, 6.45) is 0. The summed E-state index contributed by atoms with van der Waals surface area (Å²) in [6, 6.07) is 56.7. The molecule has 8 aromatic rings. The van der Waals surface area contributed by atoms with Gasteiger partial charge in [0.2, 0.25) is 0 Å². The van der Waals surface area contributed by atoms with Crippen LogP contribution < -0.4 is 5.32 Å². The highest BCUT2D eigenvalue weighted by Gasteiger charge is 2.45. The van der Waals surface area contributed by atoms with Gasteiger partial charge in [0.05, 0.1) is 5.41 Å². The first kappa shape index (κ1) is 26.5. The number of rotatable bonds is 5. The Balaban J connectivity index is 1.14. The van der Waals surface area contributed by atoms with Gasteiger partial charge in [-0.15, -0.1) is 0 Å². The molecule has 2 nitrogen and oxygen atoms in total. The molecular weight excluding hydrogens is 565 g/mol. The molecule has 7 aromatic carbocycles. The first-order chi connectivity index (χ1) is 22.7. The average Bonchev–Trinajstić information content (AvgIpc) is 3.62. The van der Waals surface area contributed by atoms with Crippen LogP contribution in [0.5, 0.6) is 0 Å². The summed E-state index contributed by atoms with van der Waals surface area (Å²) in [5, 5.41) is 5.43. The van der Waals surface area contributed by atoms with Gasteiger partial charge in [-0.1, -0.05) is 109 Å². The van der Waals surface area contributed by atoms with E-state index in [0.717, 1.165) is 38.9 Å². The molecule has 1 N–H and O–H groups in total. The van der Waals surface area contributed by atoms with Crippen molar-refractivity contribution in [1.82, 2.24) is 0 Å². The van der Waals surface area contributed by atoms with E-state index in [4.69, 9.17) is 4.42 Å². The van der Waals surface area contributed by atoms with Crippen LogP contribution in [0.1, 0.15) is 22.3 Å². The number of nitrogens with one attached hydrogen (secondary N) is 1. The number of hydrogen-bond acceptors (Lipinski definition) is 2. The van der Waals surface area contributed by atoms with Gasteiger partial charge < -0.3 is 9.73 Å². The maximum atomic E-state index is 13.8. The number of hydrogen-bond donors (Lipinski definition) is 1. The Morgan fingerprint density at radius 3 is 1.89 bits per heavy atom. The van der Waals surface area contributed by atoms with E-state index in [1.807, 2.05) is 12.1 Å². The molecule has 1 aliphatic carbocycles. The van der Waals surface area contributed by atoms with Crippen molar-refractivity contribution < 1.29 is 8.81 Å². The van der Waals surface area contributed by atoms with Gasteiger partial charge in [-0.05, 0) is 93.0 Å². The number of furan rings is 1. The smallest absolute Gasteiger partial charge is 0.138 e. The predicted octanol–water partition coefficient (Wildman–Crippen LogP) is 11.5. The molecule has 0 amide bonds. The van der Waals surface area contributed by atoms with Crippen LogP contribution in [0, 0.1) is 5.82 Å². The summed E-state index contributed by atoms with van der Waals surface area (Å²) in [7, 11) is 0. The van der Waals surface area contributed by atoms with Crippen molar-refractivity contribution >= 4 is 33.3 Å². The Kier molecular flexibility index (Phi) is 5.94. The number of anilines is 2. The summed E-state index contributed by atoms with van der Waals surface area (Å²) >= 11 is 0. The molecule has 218 valence electrons. The van der Waals surface area contributed by atoms with Gasteiger partial charge in [0.25, 0.3) is 0 Å². The first-order valence-electron chi connectivity index (χ1n) is 15.5. The monoisotopic (exact) mass is 593 g/mol. The SMILES string of the molecule is Fc1ccc2c(c1)oc1ccc(Nc3cccc(-c4cccc(C5(c6ccccc6)c6ccccc6-c6ccccc65)c4)c3)cc12. The summed E-state index contributed by atoms with van der Waals surface area (Å²) in [4.78, 5) is 0. The van der Waals surface area contributed by atoms with Gasteiger partial charge in [0.15, 0.2) is 0 Å². The van der Waals surface area contributed by atoms with Crippen molar-refractivity contribution in [3.63, 3.8) is 0 Å². The van der Waals surface area contributed by atoms with Gasteiger partial charge in [-0.2, -0.15) is 0 Å². The Morgan fingerprint density at radius 1 is 0.457 bits per heavy atom. The highest BCUT2D eigenvalue weighted by molar-refractivity contribution is 6.06. The number of fused-ring (bicyclic) bond motifs is 6. The highest BCUT2D eigenvalue weighted by atomic mass is 19.1. The van der Waals surface area contributed by atoms with E-state index < -0.39 is 5.41 Å². The minimum Gasteiger partial charge on any atom is -0.456 e. The molecule has 46 heavy (non-hydrogen) atoms. The third-order valence-corrected chi connectivity index (χ3v) is 9.37. The van der Waals surface area contributed by atoms with Gasteiger partial charge in [0.1, 0.15) is 17.0 Å². The van der Waals surface area contributed by atoms with Crippen LogP contribution in [0.2, 0.25) is 0 Å². The fraction of sp³-hybridized carbons (Fsp3) is 0.0233. The molecule has 3 heteroatoms. The highest BCUT2D eigenvalue weighted by Crippen LogP contribution is 2.56. The van der Waals surface area contributed by atoms with E-state index in [2.05, 4.69) is 139 Å². The molecule has 1 heterocycles. The molecule has 0 unspecified atom stereocenters. The van der Waals surface area contributed by atoms with Crippen LogP contribution >= 0.6 is 0 Å². The summed E-state index contributed by atoms with van der Waals surface area (Å²) in [5.74, 6) is -0.304. The lowest BCUT2D eigenvalue weighted by atomic mass is 9.67. The van der Waals surface area contributed by atoms with E-state index >= 15 is 0 Å². The van der Waals surface area contributed by atoms with Gasteiger partial charge in [-0.25, -0.2) is 4.39 Å². The quantitative estimate of drug-likeness (QED) is 0.215. The zero-order chi connectivity index (χ0) is 30.7. The maximum absolute atomic E-state index is 13.8. The van der Waals surface area contributed by atoms with Crippen LogP contribution in [-0.4, -0.2) is 0 Å². The third kappa shape index (κ3) is 4.02. The second-order valence-electron chi connectivity index (χ2n) is 11.9. The second-order valence-corrected chi connectivity index (χ2v) is 11.9. The molecule has 0 saturated carbocycles. The van der Waals surface area contributed by atoms with Crippen molar-refractivity contribution in [3.8, 4) is 22.3 Å². The summed E-state index contributed by atoms with van der Waals surface area (Å²) < 4.78 is 19.7. The van der Waals surface area contributed by atoms with E-state index in [0.29, 0.717) is 5.58 Å². The van der Waals surface area contributed by atoms with Crippen LogP contribution in [0.15, 0.2) is 168 Å². The number of benzene rings is 7. The molecule has 0 radical (unpaired) electrons. The van der Waals surface area contributed by atoms with E-state index in [1.54, 1.807) is 6.07 Å². The molecular formula is C43H28FNO. The topological polar surface area (TPSA) is 25.2 Å². The third-order valence-electron chi connectivity index (χ3n) is 9.37. The van der Waals surface area contributed by atoms with Gasteiger partial charge in [0, 0.05) is 28.2 Å². The fourth-order valence-electron chi connectivity index (χ4n) is 7.42. The van der Waals surface area contributed by atoms with Crippen molar-refractivity contribution in [2.24, 2.45) is 0 Å². The molecule has 0 atom stereocenters. The molecule has 0 spiro atoms. The predicted molar refractivity (Wildman–Crippen MR) is 186 cm³/mol. The molecule has 0 aliphatic heterocycles.